The van der Waals surface area contributed by atoms with Gasteiger partial charge >= 0.3 is 0 Å². The maximum Gasteiger partial charge on any atom is 0.261 e. The topological polar surface area (TPSA) is 57.9 Å². The van der Waals surface area contributed by atoms with Gasteiger partial charge in [-0.3, -0.25) is 0 Å². The molecule has 0 saturated heterocycles. The van der Waals surface area contributed by atoms with Crippen molar-refractivity contribution in [2.45, 2.75) is 10.8 Å². The molecular weight excluding hydrogens is 281 g/mol. The lowest BCUT2D eigenvalue weighted by Gasteiger charge is -2.06. The summed E-state index contributed by atoms with van der Waals surface area (Å²) in [5, 5.41) is 8.69. The first kappa shape index (κ1) is 12.6. The molecule has 0 amide bonds. The van der Waals surface area contributed by atoms with E-state index in [9.17, 15) is 8.42 Å². The number of nitriles is 1. The fourth-order valence-corrected chi connectivity index (χ4v) is 2.93. The van der Waals surface area contributed by atoms with Crippen molar-refractivity contribution in [3.8, 4) is 6.07 Å². The first-order valence-corrected chi connectivity index (χ1v) is 6.86. The van der Waals surface area contributed by atoms with Gasteiger partial charge in [0.05, 0.1) is 21.4 Å². The first-order valence-electron chi connectivity index (χ1n) is 3.64. The van der Waals surface area contributed by atoms with Gasteiger partial charge in [-0.2, -0.15) is 5.26 Å². The van der Waals surface area contributed by atoms with Crippen molar-refractivity contribution in [1.82, 2.24) is 0 Å². The zero-order chi connectivity index (χ0) is 11.6. The molecule has 0 radical (unpaired) electrons. The molecule has 0 aliphatic rings. The van der Waals surface area contributed by atoms with Gasteiger partial charge in [-0.05, 0) is 12.1 Å². The molecule has 1 aromatic carbocycles. The van der Waals surface area contributed by atoms with Gasteiger partial charge < -0.3 is 0 Å². The molecule has 1 aromatic rings. The average molecular weight is 285 g/mol. The molecule has 0 bridgehead atoms. The minimum atomic E-state index is -3.90. The molecule has 0 aliphatic carbocycles. The van der Waals surface area contributed by atoms with Gasteiger partial charge in [0.15, 0.2) is 0 Å². The van der Waals surface area contributed by atoms with Crippen molar-refractivity contribution in [3.05, 3.63) is 28.3 Å². The molecule has 0 spiro atoms. The van der Waals surface area contributed by atoms with E-state index in [0.717, 1.165) is 0 Å². The first-order chi connectivity index (χ1) is 6.91. The zero-order valence-corrected chi connectivity index (χ0v) is 10.3. The molecule has 0 saturated carbocycles. The zero-order valence-electron chi connectivity index (χ0n) is 7.17. The number of nitrogens with zero attached hydrogens (tertiary/aromatic N) is 1. The third kappa shape index (κ3) is 2.56. The Hall–Kier alpha value is -0.470. The van der Waals surface area contributed by atoms with Gasteiger partial charge in [0.2, 0.25) is 0 Å². The summed E-state index contributed by atoms with van der Waals surface area (Å²) in [6, 6.07) is 4.32. The smallest absolute Gasteiger partial charge is 0.207 e. The maximum atomic E-state index is 11.1. The standard InChI is InChI=1S/C8H4Cl3NO2S/c9-3-6-7(15(11,13)14)2-1-5(4-12)8(6)10/h1-2H,3H2. The van der Waals surface area contributed by atoms with Crippen LogP contribution in [0.2, 0.25) is 5.02 Å². The van der Waals surface area contributed by atoms with Crippen LogP contribution >= 0.6 is 33.9 Å². The summed E-state index contributed by atoms with van der Waals surface area (Å²) in [5.74, 6) is -0.129. The van der Waals surface area contributed by atoms with Crippen LogP contribution in [-0.2, 0) is 14.9 Å². The van der Waals surface area contributed by atoms with Crippen LogP contribution in [-0.4, -0.2) is 8.42 Å². The molecule has 0 heterocycles. The van der Waals surface area contributed by atoms with Crippen LogP contribution in [0.4, 0.5) is 0 Å². The predicted octanol–water partition coefficient (Wildman–Crippen LogP) is 2.88. The number of hydrogen-bond acceptors (Lipinski definition) is 3. The normalized spacial score (nSPS) is 11.1. The summed E-state index contributed by atoms with van der Waals surface area (Å²) >= 11 is 11.3. The summed E-state index contributed by atoms with van der Waals surface area (Å²) in [5.41, 5.74) is 0.309. The van der Waals surface area contributed by atoms with Crippen molar-refractivity contribution in [2.24, 2.45) is 0 Å². The van der Waals surface area contributed by atoms with Crippen LogP contribution in [0.5, 0.6) is 0 Å². The summed E-state index contributed by atoms with van der Waals surface area (Å²) < 4.78 is 22.3. The van der Waals surface area contributed by atoms with Crippen LogP contribution in [0.3, 0.4) is 0 Å². The Bertz CT molecular complexity index is 534. The SMILES string of the molecule is N#Cc1ccc(S(=O)(=O)Cl)c(CCl)c1Cl. The van der Waals surface area contributed by atoms with Crippen molar-refractivity contribution in [1.29, 1.82) is 5.26 Å². The number of benzene rings is 1. The molecule has 80 valence electrons. The van der Waals surface area contributed by atoms with E-state index in [4.69, 9.17) is 39.1 Å². The monoisotopic (exact) mass is 283 g/mol. The van der Waals surface area contributed by atoms with Crippen LogP contribution in [0, 0.1) is 11.3 Å². The number of alkyl halides is 1. The Kier molecular flexibility index (Phi) is 3.85. The van der Waals surface area contributed by atoms with Gasteiger partial charge in [-0.1, -0.05) is 11.6 Å². The lowest BCUT2D eigenvalue weighted by Crippen LogP contribution is -1.98. The largest absolute Gasteiger partial charge is 0.261 e. The third-order valence-electron chi connectivity index (χ3n) is 1.72. The van der Waals surface area contributed by atoms with E-state index >= 15 is 0 Å². The van der Waals surface area contributed by atoms with Crippen LogP contribution in [0.1, 0.15) is 11.1 Å². The predicted molar refractivity (Wildman–Crippen MR) is 58.8 cm³/mol. The number of rotatable bonds is 2. The molecule has 7 heteroatoms. The van der Waals surface area contributed by atoms with E-state index in [-0.39, 0.29) is 26.9 Å². The summed E-state index contributed by atoms with van der Waals surface area (Å²) in [7, 11) is 1.28. The maximum absolute atomic E-state index is 11.1. The van der Waals surface area contributed by atoms with Crippen molar-refractivity contribution >= 4 is 42.9 Å². The van der Waals surface area contributed by atoms with Gasteiger partial charge in [0.1, 0.15) is 6.07 Å². The average Bonchev–Trinajstić information content (AvgIpc) is 2.15. The van der Waals surface area contributed by atoms with Crippen LogP contribution in [0.25, 0.3) is 0 Å². The van der Waals surface area contributed by atoms with Crippen molar-refractivity contribution in [3.63, 3.8) is 0 Å². The molecule has 1 rings (SSSR count). The lowest BCUT2D eigenvalue weighted by atomic mass is 10.1. The fraction of sp³-hybridized carbons (Fsp3) is 0.125. The lowest BCUT2D eigenvalue weighted by molar-refractivity contribution is 0.609. The Morgan fingerprint density at radius 2 is 2.00 bits per heavy atom. The Morgan fingerprint density at radius 1 is 1.40 bits per heavy atom. The van der Waals surface area contributed by atoms with E-state index in [1.165, 1.54) is 12.1 Å². The van der Waals surface area contributed by atoms with E-state index in [1.54, 1.807) is 0 Å². The van der Waals surface area contributed by atoms with Gasteiger partial charge in [-0.15, -0.1) is 11.6 Å². The van der Waals surface area contributed by atoms with Crippen LogP contribution < -0.4 is 0 Å². The second kappa shape index (κ2) is 4.58. The minimum absolute atomic E-state index is 0.0224. The van der Waals surface area contributed by atoms with E-state index in [1.807, 2.05) is 6.07 Å². The molecule has 0 unspecified atom stereocenters. The highest BCUT2D eigenvalue weighted by atomic mass is 35.7. The third-order valence-corrected chi connectivity index (χ3v) is 3.82. The number of hydrogen-bond donors (Lipinski definition) is 0. The quantitative estimate of drug-likeness (QED) is 0.620. The highest BCUT2D eigenvalue weighted by Crippen LogP contribution is 2.30. The van der Waals surface area contributed by atoms with Gasteiger partial charge in [-0.25, -0.2) is 8.42 Å². The molecular formula is C8H4Cl3NO2S. The summed E-state index contributed by atoms with van der Waals surface area (Å²) in [6.45, 7) is 0. The molecule has 0 aromatic heterocycles. The van der Waals surface area contributed by atoms with Crippen molar-refractivity contribution in [2.75, 3.05) is 0 Å². The summed E-state index contributed by atoms with van der Waals surface area (Å²) in [4.78, 5) is -0.164. The Morgan fingerprint density at radius 3 is 2.40 bits per heavy atom. The molecule has 0 N–H and O–H groups in total. The van der Waals surface area contributed by atoms with Gasteiger partial charge in [0, 0.05) is 16.2 Å². The number of halogens is 3. The molecule has 3 nitrogen and oxygen atoms in total. The Balaban J connectivity index is 3.61. The summed E-state index contributed by atoms with van der Waals surface area (Å²) in [6.07, 6.45) is 0. The van der Waals surface area contributed by atoms with E-state index in [2.05, 4.69) is 0 Å². The fourth-order valence-electron chi connectivity index (χ4n) is 1.04. The van der Waals surface area contributed by atoms with E-state index in [0.29, 0.717) is 0 Å². The molecule has 15 heavy (non-hydrogen) atoms. The second-order valence-electron chi connectivity index (χ2n) is 2.59. The second-order valence-corrected chi connectivity index (χ2v) is 5.77. The van der Waals surface area contributed by atoms with E-state index < -0.39 is 9.05 Å². The molecule has 0 fully saturated rings. The van der Waals surface area contributed by atoms with Crippen LogP contribution in [0.15, 0.2) is 17.0 Å². The highest BCUT2D eigenvalue weighted by molar-refractivity contribution is 8.13. The van der Waals surface area contributed by atoms with Gasteiger partial charge in [0.25, 0.3) is 9.05 Å². The highest BCUT2D eigenvalue weighted by Gasteiger charge is 2.19. The van der Waals surface area contributed by atoms with Crippen molar-refractivity contribution < 1.29 is 8.42 Å². The minimum Gasteiger partial charge on any atom is -0.207 e. The molecule has 0 aliphatic heterocycles. The molecule has 0 atom stereocenters. The Labute approximate surface area is 102 Å².